The van der Waals surface area contributed by atoms with Gasteiger partial charge in [-0.15, -0.1) is 0 Å². The van der Waals surface area contributed by atoms with E-state index in [1.165, 1.54) is 0 Å². The molecule has 3 aromatic rings. The van der Waals surface area contributed by atoms with Gasteiger partial charge in [0.1, 0.15) is 5.82 Å². The van der Waals surface area contributed by atoms with Crippen molar-refractivity contribution >= 4 is 29.1 Å². The average Bonchev–Trinajstić information content (AvgIpc) is 2.56. The summed E-state index contributed by atoms with van der Waals surface area (Å²) in [7, 11) is 0. The topological polar surface area (TPSA) is 62.7 Å². The second-order valence-corrected chi connectivity index (χ2v) is 5.45. The van der Waals surface area contributed by atoms with Crippen LogP contribution < -0.4 is 10.6 Å². The molecule has 0 fully saturated rings. The van der Waals surface area contributed by atoms with Crippen molar-refractivity contribution in [2.45, 2.75) is 13.5 Å². The molecule has 0 bridgehead atoms. The number of aryl methyl sites for hydroxylation is 1. The van der Waals surface area contributed by atoms with E-state index in [9.17, 15) is 0 Å². The number of pyridine rings is 1. The van der Waals surface area contributed by atoms with Crippen molar-refractivity contribution in [1.29, 1.82) is 0 Å². The maximum atomic E-state index is 6.17. The Morgan fingerprint density at radius 2 is 1.96 bits per heavy atom. The Labute approximate surface area is 139 Å². The Balaban J connectivity index is 1.75. The molecule has 2 aromatic heterocycles. The largest absolute Gasteiger partial charge is 0.350 e. The average molecular weight is 326 g/mol. The molecule has 0 atom stereocenters. The van der Waals surface area contributed by atoms with Crippen molar-refractivity contribution in [2.24, 2.45) is 0 Å². The lowest BCUT2D eigenvalue weighted by atomic mass is 10.3. The first-order valence-electron chi connectivity index (χ1n) is 7.21. The maximum absolute atomic E-state index is 6.17. The molecular formula is C17H16ClN5. The number of rotatable bonds is 5. The van der Waals surface area contributed by atoms with Gasteiger partial charge in [0, 0.05) is 30.7 Å². The van der Waals surface area contributed by atoms with E-state index >= 15 is 0 Å². The maximum Gasteiger partial charge on any atom is 0.225 e. The SMILES string of the molecule is Cc1cc(Nc2ccccc2Cl)nc(NCc2cccnc2)n1. The highest BCUT2D eigenvalue weighted by atomic mass is 35.5. The standard InChI is InChI=1S/C17H16ClN5/c1-12-9-16(22-15-7-3-2-6-14(15)18)23-17(21-12)20-11-13-5-4-8-19-10-13/h2-10H,11H2,1H3,(H2,20,21,22,23). The molecule has 23 heavy (non-hydrogen) atoms. The van der Waals surface area contributed by atoms with Crippen molar-refractivity contribution in [3.8, 4) is 0 Å². The van der Waals surface area contributed by atoms with E-state index in [-0.39, 0.29) is 0 Å². The lowest BCUT2D eigenvalue weighted by molar-refractivity contribution is 1.02. The van der Waals surface area contributed by atoms with E-state index in [1.54, 1.807) is 6.20 Å². The summed E-state index contributed by atoms with van der Waals surface area (Å²) in [5, 5.41) is 7.07. The zero-order valence-corrected chi connectivity index (χ0v) is 13.4. The summed E-state index contributed by atoms with van der Waals surface area (Å²) in [6.07, 6.45) is 3.56. The van der Waals surface area contributed by atoms with Gasteiger partial charge in [-0.25, -0.2) is 4.98 Å². The van der Waals surface area contributed by atoms with Crippen molar-refractivity contribution in [2.75, 3.05) is 10.6 Å². The van der Waals surface area contributed by atoms with Gasteiger partial charge in [0.25, 0.3) is 0 Å². The van der Waals surface area contributed by atoms with Crippen LogP contribution in [0.25, 0.3) is 0 Å². The molecule has 116 valence electrons. The van der Waals surface area contributed by atoms with E-state index in [0.29, 0.717) is 23.3 Å². The van der Waals surface area contributed by atoms with Crippen LogP contribution in [0.3, 0.4) is 0 Å². The number of hydrogen-bond donors (Lipinski definition) is 2. The predicted molar refractivity (Wildman–Crippen MR) is 93.1 cm³/mol. The first-order chi connectivity index (χ1) is 11.2. The molecule has 0 aliphatic heterocycles. The van der Waals surface area contributed by atoms with Gasteiger partial charge >= 0.3 is 0 Å². The summed E-state index contributed by atoms with van der Waals surface area (Å²) in [5.41, 5.74) is 2.74. The zero-order chi connectivity index (χ0) is 16.1. The Morgan fingerprint density at radius 3 is 2.74 bits per heavy atom. The molecule has 0 radical (unpaired) electrons. The number of benzene rings is 1. The first-order valence-corrected chi connectivity index (χ1v) is 7.58. The smallest absolute Gasteiger partial charge is 0.225 e. The van der Waals surface area contributed by atoms with Crippen LogP contribution in [0.5, 0.6) is 0 Å². The van der Waals surface area contributed by atoms with Crippen molar-refractivity contribution < 1.29 is 0 Å². The molecular weight excluding hydrogens is 310 g/mol. The van der Waals surface area contributed by atoms with Gasteiger partial charge in [-0.3, -0.25) is 4.98 Å². The van der Waals surface area contributed by atoms with Crippen LogP contribution in [0.1, 0.15) is 11.3 Å². The molecule has 0 spiro atoms. The van der Waals surface area contributed by atoms with Crippen LogP contribution in [-0.4, -0.2) is 15.0 Å². The van der Waals surface area contributed by atoms with Gasteiger partial charge in [0.05, 0.1) is 10.7 Å². The number of hydrogen-bond acceptors (Lipinski definition) is 5. The number of para-hydroxylation sites is 1. The third-order valence-corrected chi connectivity index (χ3v) is 3.49. The minimum Gasteiger partial charge on any atom is -0.350 e. The van der Waals surface area contributed by atoms with Gasteiger partial charge in [-0.05, 0) is 30.7 Å². The minimum atomic E-state index is 0.559. The van der Waals surface area contributed by atoms with Crippen molar-refractivity contribution in [3.05, 3.63) is 71.1 Å². The van der Waals surface area contributed by atoms with Crippen LogP contribution in [0.4, 0.5) is 17.5 Å². The summed E-state index contributed by atoms with van der Waals surface area (Å²) in [6, 6.07) is 13.3. The fraction of sp³-hybridized carbons (Fsp3) is 0.118. The molecule has 3 rings (SSSR count). The molecule has 0 saturated carbocycles. The minimum absolute atomic E-state index is 0.559. The molecule has 0 aliphatic rings. The molecule has 6 heteroatoms. The molecule has 0 amide bonds. The predicted octanol–water partition coefficient (Wildman–Crippen LogP) is 4.19. The molecule has 1 aromatic carbocycles. The third kappa shape index (κ3) is 4.17. The lowest BCUT2D eigenvalue weighted by Gasteiger charge is -2.11. The van der Waals surface area contributed by atoms with Gasteiger partial charge in [-0.2, -0.15) is 4.98 Å². The number of halogens is 1. The summed E-state index contributed by atoms with van der Waals surface area (Å²) in [5.74, 6) is 1.25. The zero-order valence-electron chi connectivity index (χ0n) is 12.6. The number of nitrogens with one attached hydrogen (secondary N) is 2. The van der Waals surface area contributed by atoms with Crippen LogP contribution >= 0.6 is 11.6 Å². The highest BCUT2D eigenvalue weighted by molar-refractivity contribution is 6.33. The molecule has 2 N–H and O–H groups in total. The van der Waals surface area contributed by atoms with Crippen LogP contribution in [-0.2, 0) is 6.54 Å². The second-order valence-electron chi connectivity index (χ2n) is 5.04. The van der Waals surface area contributed by atoms with E-state index in [1.807, 2.05) is 55.6 Å². The Hall–Kier alpha value is -2.66. The third-order valence-electron chi connectivity index (χ3n) is 3.16. The summed E-state index contributed by atoms with van der Waals surface area (Å²) < 4.78 is 0. The quantitative estimate of drug-likeness (QED) is 0.736. The Bertz CT molecular complexity index is 792. The van der Waals surface area contributed by atoms with Gasteiger partial charge in [0.15, 0.2) is 0 Å². The van der Waals surface area contributed by atoms with Crippen LogP contribution in [0, 0.1) is 6.92 Å². The van der Waals surface area contributed by atoms with Gasteiger partial charge in [0.2, 0.25) is 5.95 Å². The number of anilines is 3. The van der Waals surface area contributed by atoms with E-state index in [4.69, 9.17) is 11.6 Å². The lowest BCUT2D eigenvalue weighted by Crippen LogP contribution is -2.06. The van der Waals surface area contributed by atoms with Crippen LogP contribution in [0.15, 0.2) is 54.9 Å². The highest BCUT2D eigenvalue weighted by Gasteiger charge is 2.05. The molecule has 5 nitrogen and oxygen atoms in total. The normalized spacial score (nSPS) is 10.3. The summed E-state index contributed by atoms with van der Waals surface area (Å²) >= 11 is 6.17. The number of nitrogens with zero attached hydrogens (tertiary/aromatic N) is 3. The van der Waals surface area contributed by atoms with Gasteiger partial charge < -0.3 is 10.6 Å². The fourth-order valence-corrected chi connectivity index (χ4v) is 2.28. The number of aromatic nitrogens is 3. The molecule has 0 unspecified atom stereocenters. The fourth-order valence-electron chi connectivity index (χ4n) is 2.10. The monoisotopic (exact) mass is 325 g/mol. The molecule has 0 saturated heterocycles. The van der Waals surface area contributed by atoms with E-state index in [0.717, 1.165) is 16.9 Å². The van der Waals surface area contributed by atoms with E-state index in [2.05, 4.69) is 25.6 Å². The van der Waals surface area contributed by atoms with Crippen LogP contribution in [0.2, 0.25) is 5.02 Å². The summed E-state index contributed by atoms with van der Waals surface area (Å²) in [6.45, 7) is 2.54. The second kappa shape index (κ2) is 7.07. The van der Waals surface area contributed by atoms with Crippen molar-refractivity contribution in [1.82, 2.24) is 15.0 Å². The molecule has 0 aliphatic carbocycles. The summed E-state index contributed by atoms with van der Waals surface area (Å²) in [4.78, 5) is 13.0. The first kappa shape index (κ1) is 15.2. The van der Waals surface area contributed by atoms with Crippen molar-refractivity contribution in [3.63, 3.8) is 0 Å². The Morgan fingerprint density at radius 1 is 1.09 bits per heavy atom. The highest BCUT2D eigenvalue weighted by Crippen LogP contribution is 2.24. The Kier molecular flexibility index (Phi) is 4.68. The van der Waals surface area contributed by atoms with E-state index < -0.39 is 0 Å². The molecule has 2 heterocycles. The van der Waals surface area contributed by atoms with Gasteiger partial charge in [-0.1, -0.05) is 29.8 Å².